The lowest BCUT2D eigenvalue weighted by Gasteiger charge is -1.94. The molecular weight excluding hydrogens is 182 g/mol. The van der Waals surface area contributed by atoms with Gasteiger partial charge in [-0.15, -0.1) is 0 Å². The van der Waals surface area contributed by atoms with E-state index in [2.05, 4.69) is 16.6 Å². The van der Waals surface area contributed by atoms with Gasteiger partial charge in [-0.2, -0.15) is 0 Å². The van der Waals surface area contributed by atoms with Crippen LogP contribution in [0.2, 0.25) is 0 Å². The topological polar surface area (TPSA) is 12.9 Å². The Kier molecular flexibility index (Phi) is 4.09. The molecule has 0 unspecified atom stereocenters. The molecule has 1 rings (SSSR count). The van der Waals surface area contributed by atoms with E-state index in [9.17, 15) is 0 Å². The van der Waals surface area contributed by atoms with Crippen molar-refractivity contribution < 1.29 is 0 Å². The summed E-state index contributed by atoms with van der Waals surface area (Å²) in [6.45, 7) is 0. The third-order valence-electron chi connectivity index (χ3n) is 0.986. The molecule has 0 aromatic carbocycles. The van der Waals surface area contributed by atoms with Gasteiger partial charge in [0.15, 0.2) is 0 Å². The molecule has 0 aliphatic rings. The van der Waals surface area contributed by atoms with E-state index in [1.807, 2.05) is 18.2 Å². The van der Waals surface area contributed by atoms with Crippen LogP contribution in [0.5, 0.6) is 0 Å². The van der Waals surface area contributed by atoms with Crippen LogP contribution in [0, 0.1) is 0 Å². The predicted octanol–water partition coefficient (Wildman–Crippen LogP) is 2.81. The second kappa shape index (κ2) is 4.93. The van der Waals surface area contributed by atoms with Crippen molar-refractivity contribution in [1.82, 2.24) is 4.98 Å². The lowest BCUT2D eigenvalue weighted by atomic mass is 10.4. The van der Waals surface area contributed by atoms with Gasteiger partial charge >= 0.3 is 0 Å². The highest BCUT2D eigenvalue weighted by Gasteiger charge is 1.90. The van der Waals surface area contributed by atoms with Crippen LogP contribution < -0.4 is 0 Å². The molecule has 0 aliphatic carbocycles. The Labute approximate surface area is 73.2 Å². The van der Waals surface area contributed by atoms with Crippen molar-refractivity contribution in [2.45, 2.75) is 5.75 Å². The van der Waals surface area contributed by atoms with E-state index < -0.39 is 0 Å². The van der Waals surface area contributed by atoms with Crippen LogP contribution in [0.4, 0.5) is 0 Å². The monoisotopic (exact) mass is 189 g/mol. The molecule has 1 nitrogen and oxygen atoms in total. The molecule has 54 valence electrons. The first-order valence-corrected chi connectivity index (χ1v) is 6.13. The van der Waals surface area contributed by atoms with Crippen LogP contribution in [0.15, 0.2) is 24.4 Å². The number of thiol groups is 1. The third kappa shape index (κ3) is 2.86. The fourth-order valence-corrected chi connectivity index (χ4v) is 1.91. The maximum Gasteiger partial charge on any atom is 0.0511 e. The molecule has 0 bridgehead atoms. The molecule has 0 aliphatic heterocycles. The van der Waals surface area contributed by atoms with Crippen molar-refractivity contribution in [1.29, 1.82) is 0 Å². The number of hydrogen-bond acceptors (Lipinski definition) is 4. The molecule has 4 heteroatoms. The minimum absolute atomic E-state index is 0.926. The van der Waals surface area contributed by atoms with Crippen LogP contribution in [-0.2, 0) is 5.75 Å². The molecular formula is C6H7NS3. The van der Waals surface area contributed by atoms with E-state index in [1.165, 1.54) is 9.83 Å². The van der Waals surface area contributed by atoms with Gasteiger partial charge in [-0.3, -0.25) is 4.98 Å². The van der Waals surface area contributed by atoms with Crippen LogP contribution in [0.1, 0.15) is 5.69 Å². The maximum atomic E-state index is 4.15. The van der Waals surface area contributed by atoms with Crippen molar-refractivity contribution in [2.75, 3.05) is 0 Å². The van der Waals surface area contributed by atoms with Crippen molar-refractivity contribution >= 4 is 32.3 Å². The number of hydrogen-bond donors (Lipinski definition) is 1. The van der Waals surface area contributed by atoms with E-state index in [1.54, 1.807) is 17.0 Å². The second-order valence-electron chi connectivity index (χ2n) is 1.66. The molecule has 0 N–H and O–H groups in total. The van der Waals surface area contributed by atoms with Gasteiger partial charge in [0, 0.05) is 11.9 Å². The lowest BCUT2D eigenvalue weighted by Crippen LogP contribution is -1.81. The van der Waals surface area contributed by atoms with E-state index in [-0.39, 0.29) is 0 Å². The Bertz CT molecular complexity index is 178. The van der Waals surface area contributed by atoms with Gasteiger partial charge in [-0.25, -0.2) is 0 Å². The summed E-state index contributed by atoms with van der Waals surface area (Å²) in [6, 6.07) is 5.92. The first kappa shape index (κ1) is 8.30. The standard InChI is InChI=1S/C6H7NS3/c8-10-9-5-6-3-1-2-4-7-6/h1-4,8H,5H2. The highest BCUT2D eigenvalue weighted by atomic mass is 33.5. The lowest BCUT2D eigenvalue weighted by molar-refractivity contribution is 1.18. The van der Waals surface area contributed by atoms with E-state index in [0.717, 1.165) is 11.4 Å². The van der Waals surface area contributed by atoms with Gasteiger partial charge in [0.1, 0.15) is 0 Å². The first-order valence-electron chi connectivity index (χ1n) is 2.76. The normalized spacial score (nSPS) is 9.70. The SMILES string of the molecule is SSSCc1ccccn1. The maximum absolute atomic E-state index is 4.15. The zero-order chi connectivity index (χ0) is 7.23. The van der Waals surface area contributed by atoms with Gasteiger partial charge in [0.2, 0.25) is 0 Å². The Morgan fingerprint density at radius 2 is 2.40 bits per heavy atom. The molecule has 0 atom stereocenters. The summed E-state index contributed by atoms with van der Waals surface area (Å²) in [4.78, 5) is 4.15. The molecule has 0 radical (unpaired) electrons. The molecule has 0 amide bonds. The fraction of sp³-hybridized carbons (Fsp3) is 0.167. The molecule has 0 saturated carbocycles. The highest BCUT2D eigenvalue weighted by molar-refractivity contribution is 9.05. The van der Waals surface area contributed by atoms with Crippen LogP contribution in [-0.4, -0.2) is 4.98 Å². The van der Waals surface area contributed by atoms with Crippen molar-refractivity contribution in [3.8, 4) is 0 Å². The van der Waals surface area contributed by atoms with E-state index in [0.29, 0.717) is 0 Å². The minimum Gasteiger partial charge on any atom is -0.260 e. The van der Waals surface area contributed by atoms with Gasteiger partial charge in [0.25, 0.3) is 0 Å². The quantitative estimate of drug-likeness (QED) is 0.580. The fourth-order valence-electron chi connectivity index (χ4n) is 0.570. The van der Waals surface area contributed by atoms with E-state index in [4.69, 9.17) is 0 Å². The highest BCUT2D eigenvalue weighted by Crippen LogP contribution is 2.27. The molecule has 0 saturated heterocycles. The van der Waals surface area contributed by atoms with Crippen molar-refractivity contribution in [3.63, 3.8) is 0 Å². The van der Waals surface area contributed by atoms with Crippen molar-refractivity contribution in [2.24, 2.45) is 0 Å². The minimum atomic E-state index is 0.926. The van der Waals surface area contributed by atoms with Crippen LogP contribution >= 0.6 is 32.3 Å². The Morgan fingerprint density at radius 1 is 1.50 bits per heavy atom. The molecule has 1 heterocycles. The Balaban J connectivity index is 2.43. The smallest absolute Gasteiger partial charge is 0.0511 e. The van der Waals surface area contributed by atoms with Gasteiger partial charge < -0.3 is 0 Å². The summed E-state index contributed by atoms with van der Waals surface area (Å²) < 4.78 is 0. The number of aromatic nitrogens is 1. The third-order valence-corrected chi connectivity index (χ3v) is 3.12. The zero-order valence-electron chi connectivity index (χ0n) is 5.23. The molecule has 10 heavy (non-hydrogen) atoms. The Morgan fingerprint density at radius 3 is 3.00 bits per heavy atom. The zero-order valence-corrected chi connectivity index (χ0v) is 7.75. The van der Waals surface area contributed by atoms with E-state index >= 15 is 0 Å². The molecule has 1 aromatic rings. The van der Waals surface area contributed by atoms with Gasteiger partial charge in [0.05, 0.1) is 5.69 Å². The summed E-state index contributed by atoms with van der Waals surface area (Å²) in [5.74, 6) is 0.926. The predicted molar refractivity (Wildman–Crippen MR) is 52.1 cm³/mol. The Hall–Kier alpha value is 0.200. The first-order chi connectivity index (χ1) is 4.93. The molecule has 0 spiro atoms. The second-order valence-corrected chi connectivity index (χ2v) is 4.83. The summed E-state index contributed by atoms with van der Waals surface area (Å²) in [5, 5.41) is 0. The summed E-state index contributed by atoms with van der Waals surface area (Å²) in [7, 11) is 3.15. The molecule has 1 aromatic heterocycles. The number of pyridine rings is 1. The number of nitrogens with zero attached hydrogens (tertiary/aromatic N) is 1. The molecule has 0 fully saturated rings. The van der Waals surface area contributed by atoms with Gasteiger partial charge in [-0.05, 0) is 22.0 Å². The number of rotatable bonds is 3. The summed E-state index contributed by atoms with van der Waals surface area (Å²) >= 11 is 4.00. The largest absolute Gasteiger partial charge is 0.260 e. The van der Waals surface area contributed by atoms with Gasteiger partial charge in [-0.1, -0.05) is 28.5 Å². The average molecular weight is 189 g/mol. The van der Waals surface area contributed by atoms with Crippen molar-refractivity contribution in [3.05, 3.63) is 30.1 Å². The van der Waals surface area contributed by atoms with Crippen LogP contribution in [0.3, 0.4) is 0 Å². The summed E-state index contributed by atoms with van der Waals surface area (Å²) in [6.07, 6.45) is 1.80. The average Bonchev–Trinajstić information content (AvgIpc) is 2.03. The summed E-state index contributed by atoms with van der Waals surface area (Å²) in [5.41, 5.74) is 1.11. The van der Waals surface area contributed by atoms with Crippen LogP contribution in [0.25, 0.3) is 0 Å².